The molecule has 0 aliphatic heterocycles. The first-order chi connectivity index (χ1) is 7.54. The van der Waals surface area contributed by atoms with Crippen LogP contribution in [0.3, 0.4) is 0 Å². The molecule has 0 aromatic heterocycles. The van der Waals surface area contributed by atoms with E-state index >= 15 is 0 Å². The van der Waals surface area contributed by atoms with Crippen LogP contribution in [-0.4, -0.2) is 22.7 Å². The van der Waals surface area contributed by atoms with Gasteiger partial charge < -0.3 is 9.84 Å². The number of hydrogen-bond donors (Lipinski definition) is 1. The van der Waals surface area contributed by atoms with Gasteiger partial charge in [-0.1, -0.05) is 0 Å². The average Bonchev–Trinajstić information content (AvgIpc) is 2.96. The van der Waals surface area contributed by atoms with Crippen LogP contribution in [0.2, 0.25) is 0 Å². The summed E-state index contributed by atoms with van der Waals surface area (Å²) in [5.41, 5.74) is 0.0411. The predicted octanol–water partition coefficient (Wildman–Crippen LogP) is 1.67. The van der Waals surface area contributed by atoms with E-state index in [0.29, 0.717) is 17.7 Å². The molecule has 1 aromatic rings. The molecule has 1 fully saturated rings. The number of aliphatic hydroxyl groups is 1. The van der Waals surface area contributed by atoms with Gasteiger partial charge in [0.15, 0.2) is 0 Å². The first kappa shape index (κ1) is 10.9. The van der Waals surface area contributed by atoms with Crippen LogP contribution in [-0.2, 0) is 6.42 Å². The summed E-state index contributed by atoms with van der Waals surface area (Å²) in [5, 5.41) is 20.4. The smallest absolute Gasteiger partial charge is 0.269 e. The van der Waals surface area contributed by atoms with E-state index in [4.69, 9.17) is 4.74 Å². The second-order valence-corrected chi connectivity index (χ2v) is 4.15. The lowest BCUT2D eigenvalue weighted by Crippen LogP contribution is -2.11. The molecule has 0 radical (unpaired) electrons. The van der Waals surface area contributed by atoms with Crippen LogP contribution in [0.5, 0.6) is 5.75 Å². The molecule has 0 saturated heterocycles. The maximum Gasteiger partial charge on any atom is 0.269 e. The highest BCUT2D eigenvalue weighted by molar-refractivity contribution is 5.44. The van der Waals surface area contributed by atoms with Gasteiger partial charge in [0, 0.05) is 24.1 Å². The summed E-state index contributed by atoms with van der Waals surface area (Å²) < 4.78 is 5.12. The van der Waals surface area contributed by atoms with Crippen molar-refractivity contribution in [3.8, 4) is 5.75 Å². The Labute approximate surface area is 92.8 Å². The molecule has 1 saturated carbocycles. The summed E-state index contributed by atoms with van der Waals surface area (Å²) in [4.78, 5) is 10.2. The average molecular weight is 223 g/mol. The van der Waals surface area contributed by atoms with E-state index in [2.05, 4.69) is 0 Å². The van der Waals surface area contributed by atoms with E-state index in [1.165, 1.54) is 19.2 Å². The van der Waals surface area contributed by atoms with Gasteiger partial charge in [-0.05, 0) is 18.9 Å². The third-order valence-corrected chi connectivity index (χ3v) is 2.82. The molecule has 0 atom stereocenters. The number of nitro benzene ring substituents is 1. The van der Waals surface area contributed by atoms with Gasteiger partial charge in [0.2, 0.25) is 0 Å². The fraction of sp³-hybridized carbons (Fsp3) is 0.455. The summed E-state index contributed by atoms with van der Waals surface area (Å²) in [6, 6.07) is 4.44. The third kappa shape index (κ3) is 2.14. The lowest BCUT2D eigenvalue weighted by Gasteiger charge is -2.11. The maximum absolute atomic E-state index is 10.6. The minimum atomic E-state index is -0.678. The summed E-state index contributed by atoms with van der Waals surface area (Å²) in [6.07, 6.45) is 1.91. The zero-order valence-corrected chi connectivity index (χ0v) is 8.97. The number of ether oxygens (including phenoxy) is 1. The molecular weight excluding hydrogens is 210 g/mol. The van der Waals surface area contributed by atoms with Crippen LogP contribution in [0.4, 0.5) is 5.69 Å². The Balaban J connectivity index is 2.31. The van der Waals surface area contributed by atoms with Crippen molar-refractivity contribution in [1.29, 1.82) is 0 Å². The van der Waals surface area contributed by atoms with Crippen LogP contribution in [0.1, 0.15) is 18.4 Å². The monoisotopic (exact) mass is 223 g/mol. The lowest BCUT2D eigenvalue weighted by molar-refractivity contribution is -0.384. The zero-order valence-electron chi connectivity index (χ0n) is 8.97. The van der Waals surface area contributed by atoms with E-state index in [1.54, 1.807) is 6.07 Å². The number of non-ortho nitro benzene ring substituents is 1. The maximum atomic E-state index is 10.6. The van der Waals surface area contributed by atoms with Crippen molar-refractivity contribution in [2.75, 3.05) is 7.11 Å². The van der Waals surface area contributed by atoms with Crippen LogP contribution in [0.25, 0.3) is 0 Å². The molecule has 1 aliphatic carbocycles. The van der Waals surface area contributed by atoms with Crippen molar-refractivity contribution in [2.45, 2.75) is 24.9 Å². The normalized spacial score (nSPS) is 16.9. The number of methoxy groups -OCH3 is 1. The highest BCUT2D eigenvalue weighted by Gasteiger charge is 2.41. The largest absolute Gasteiger partial charge is 0.496 e. The van der Waals surface area contributed by atoms with Gasteiger partial charge in [-0.25, -0.2) is 0 Å². The van der Waals surface area contributed by atoms with E-state index < -0.39 is 10.5 Å². The minimum absolute atomic E-state index is 0.0278. The molecule has 0 bridgehead atoms. The van der Waals surface area contributed by atoms with Crippen LogP contribution < -0.4 is 4.74 Å². The van der Waals surface area contributed by atoms with Gasteiger partial charge in [-0.3, -0.25) is 10.1 Å². The lowest BCUT2D eigenvalue weighted by atomic mass is 10.0. The Morgan fingerprint density at radius 2 is 2.25 bits per heavy atom. The van der Waals surface area contributed by atoms with Crippen LogP contribution in [0.15, 0.2) is 18.2 Å². The molecule has 1 aromatic carbocycles. The fourth-order valence-corrected chi connectivity index (χ4v) is 1.69. The van der Waals surface area contributed by atoms with Crippen molar-refractivity contribution in [1.82, 2.24) is 0 Å². The molecule has 5 nitrogen and oxygen atoms in total. The van der Waals surface area contributed by atoms with E-state index in [-0.39, 0.29) is 5.69 Å². The molecular formula is C11H13NO4. The zero-order chi connectivity index (χ0) is 11.8. The van der Waals surface area contributed by atoms with E-state index in [1.807, 2.05) is 0 Å². The molecule has 0 heterocycles. The number of hydrogen-bond acceptors (Lipinski definition) is 4. The van der Waals surface area contributed by atoms with Crippen molar-refractivity contribution in [3.63, 3.8) is 0 Å². The number of rotatable bonds is 4. The van der Waals surface area contributed by atoms with Crippen molar-refractivity contribution in [3.05, 3.63) is 33.9 Å². The summed E-state index contributed by atoms with van der Waals surface area (Å²) in [7, 11) is 1.52. The molecule has 1 aliphatic rings. The quantitative estimate of drug-likeness (QED) is 0.622. The van der Waals surface area contributed by atoms with E-state index in [9.17, 15) is 15.2 Å². The molecule has 1 N–H and O–H groups in total. The molecule has 86 valence electrons. The summed E-state index contributed by atoms with van der Waals surface area (Å²) >= 11 is 0. The molecule has 0 spiro atoms. The second-order valence-electron chi connectivity index (χ2n) is 4.15. The summed E-state index contributed by atoms with van der Waals surface area (Å²) in [6.45, 7) is 0. The SMILES string of the molecule is COc1ccc([N+](=O)[O-])cc1CC1(O)CC1. The number of benzene rings is 1. The molecule has 2 rings (SSSR count). The minimum Gasteiger partial charge on any atom is -0.496 e. The Hall–Kier alpha value is -1.62. The highest BCUT2D eigenvalue weighted by atomic mass is 16.6. The van der Waals surface area contributed by atoms with Gasteiger partial charge in [0.05, 0.1) is 17.6 Å². The summed E-state index contributed by atoms with van der Waals surface area (Å²) in [5.74, 6) is 0.589. The third-order valence-electron chi connectivity index (χ3n) is 2.82. The van der Waals surface area contributed by atoms with Crippen LogP contribution >= 0.6 is 0 Å². The molecule has 0 amide bonds. The Bertz CT molecular complexity index is 426. The highest BCUT2D eigenvalue weighted by Crippen LogP contribution is 2.40. The van der Waals surface area contributed by atoms with Gasteiger partial charge in [0.1, 0.15) is 5.75 Å². The Morgan fingerprint density at radius 3 is 2.75 bits per heavy atom. The van der Waals surface area contributed by atoms with Crippen molar-refractivity contribution in [2.24, 2.45) is 0 Å². The van der Waals surface area contributed by atoms with Gasteiger partial charge >= 0.3 is 0 Å². The Kier molecular flexibility index (Phi) is 2.55. The Morgan fingerprint density at radius 1 is 1.56 bits per heavy atom. The second kappa shape index (κ2) is 3.75. The molecule has 0 unspecified atom stereocenters. The first-order valence-corrected chi connectivity index (χ1v) is 5.08. The first-order valence-electron chi connectivity index (χ1n) is 5.08. The van der Waals surface area contributed by atoms with Crippen molar-refractivity contribution < 1.29 is 14.8 Å². The number of nitrogens with zero attached hydrogens (tertiary/aromatic N) is 1. The van der Waals surface area contributed by atoms with Gasteiger partial charge in [-0.2, -0.15) is 0 Å². The van der Waals surface area contributed by atoms with Crippen LogP contribution in [0, 0.1) is 10.1 Å². The van der Waals surface area contributed by atoms with Crippen molar-refractivity contribution >= 4 is 5.69 Å². The predicted molar refractivity (Wildman–Crippen MR) is 57.5 cm³/mol. The molecule has 5 heteroatoms. The molecule has 16 heavy (non-hydrogen) atoms. The standard InChI is InChI=1S/C11H13NO4/c1-16-10-3-2-9(12(14)15)6-8(10)7-11(13)4-5-11/h2-3,6,13H,4-5,7H2,1H3. The van der Waals surface area contributed by atoms with Gasteiger partial charge in [0.25, 0.3) is 5.69 Å². The topological polar surface area (TPSA) is 72.6 Å². The van der Waals surface area contributed by atoms with Gasteiger partial charge in [-0.15, -0.1) is 0 Å². The van der Waals surface area contributed by atoms with E-state index in [0.717, 1.165) is 12.8 Å². The number of nitro groups is 1. The fourth-order valence-electron chi connectivity index (χ4n) is 1.69.